The second-order valence-corrected chi connectivity index (χ2v) is 4.13. The van der Waals surface area contributed by atoms with Crippen LogP contribution in [0.4, 0.5) is 0 Å². The van der Waals surface area contributed by atoms with Gasteiger partial charge in [-0.3, -0.25) is 4.79 Å². The monoisotopic (exact) mass is 246 g/mol. The van der Waals surface area contributed by atoms with Gasteiger partial charge in [-0.25, -0.2) is 9.80 Å². The molecule has 94 valence electrons. The number of rotatable bonds is 5. The molecule has 1 heterocycles. The molecule has 5 heteroatoms. The Hall–Kier alpha value is -2.17. The summed E-state index contributed by atoms with van der Waals surface area (Å²) < 4.78 is 0. The van der Waals surface area contributed by atoms with Crippen LogP contribution in [0.15, 0.2) is 35.4 Å². The van der Waals surface area contributed by atoms with Crippen molar-refractivity contribution in [1.29, 1.82) is 0 Å². The second kappa shape index (κ2) is 5.44. The fourth-order valence-corrected chi connectivity index (χ4v) is 1.84. The Morgan fingerprint density at radius 1 is 1.33 bits per heavy atom. The fraction of sp³-hybridized carbons (Fsp3) is 0.308. The van der Waals surface area contributed by atoms with E-state index in [1.165, 1.54) is 10.6 Å². The second-order valence-electron chi connectivity index (χ2n) is 4.13. The molecule has 1 aliphatic heterocycles. The highest BCUT2D eigenvalue weighted by Crippen LogP contribution is 2.10. The lowest BCUT2D eigenvalue weighted by atomic mass is 10.1. The summed E-state index contributed by atoms with van der Waals surface area (Å²) in [6.45, 7) is 0.463. The number of amides is 1. The van der Waals surface area contributed by atoms with E-state index >= 15 is 0 Å². The maximum Gasteiger partial charge on any atom is 0.352 e. The number of carboxylic acids is 1. The first-order valence-corrected chi connectivity index (χ1v) is 5.82. The van der Waals surface area contributed by atoms with Crippen LogP contribution in [0, 0.1) is 0 Å². The van der Waals surface area contributed by atoms with Crippen molar-refractivity contribution < 1.29 is 14.7 Å². The van der Waals surface area contributed by atoms with Crippen LogP contribution in [0.3, 0.4) is 0 Å². The number of hydrogen-bond donors (Lipinski definition) is 1. The van der Waals surface area contributed by atoms with E-state index in [1.807, 2.05) is 30.3 Å². The molecule has 1 amide bonds. The van der Waals surface area contributed by atoms with Gasteiger partial charge < -0.3 is 5.11 Å². The lowest BCUT2D eigenvalue weighted by Crippen LogP contribution is -2.22. The molecule has 0 spiro atoms. The minimum Gasteiger partial charge on any atom is -0.477 e. The summed E-state index contributed by atoms with van der Waals surface area (Å²) in [7, 11) is 0. The summed E-state index contributed by atoms with van der Waals surface area (Å²) in [5.41, 5.74) is 1.13. The van der Waals surface area contributed by atoms with Crippen LogP contribution in [0.2, 0.25) is 0 Å². The van der Waals surface area contributed by atoms with Crippen LogP contribution in [-0.4, -0.2) is 34.2 Å². The Morgan fingerprint density at radius 2 is 2.06 bits per heavy atom. The molecule has 18 heavy (non-hydrogen) atoms. The van der Waals surface area contributed by atoms with Crippen molar-refractivity contribution in [1.82, 2.24) is 5.01 Å². The number of aliphatic carboxylic acids is 1. The number of carbonyl (C=O) groups excluding carboxylic acids is 1. The molecule has 1 aromatic rings. The summed E-state index contributed by atoms with van der Waals surface area (Å²) in [5, 5.41) is 13.8. The molecule has 0 aromatic heterocycles. The van der Waals surface area contributed by atoms with Gasteiger partial charge in [0.15, 0.2) is 5.71 Å². The number of hydrogen-bond acceptors (Lipinski definition) is 3. The summed E-state index contributed by atoms with van der Waals surface area (Å²) in [5.74, 6) is -1.35. The van der Waals surface area contributed by atoms with Crippen molar-refractivity contribution in [3.05, 3.63) is 35.9 Å². The van der Waals surface area contributed by atoms with Crippen LogP contribution in [0.25, 0.3) is 0 Å². The first kappa shape index (κ1) is 12.3. The standard InChI is InChI=1S/C13H14N2O3/c16-12-9-11(13(17)18)14-15(12)8-4-7-10-5-2-1-3-6-10/h1-3,5-6H,4,7-9H2,(H,17,18). The summed E-state index contributed by atoms with van der Waals surface area (Å²) >= 11 is 0. The fourth-order valence-electron chi connectivity index (χ4n) is 1.84. The number of benzene rings is 1. The molecule has 0 bridgehead atoms. The van der Waals surface area contributed by atoms with Crippen molar-refractivity contribution >= 4 is 17.6 Å². The number of carbonyl (C=O) groups is 2. The lowest BCUT2D eigenvalue weighted by molar-refractivity contribution is -0.131. The Bertz CT molecular complexity index is 482. The molecule has 0 unspecified atom stereocenters. The largest absolute Gasteiger partial charge is 0.477 e. The van der Waals surface area contributed by atoms with Crippen LogP contribution in [-0.2, 0) is 16.0 Å². The molecular formula is C13H14N2O3. The van der Waals surface area contributed by atoms with Gasteiger partial charge in [0, 0.05) is 6.54 Å². The smallest absolute Gasteiger partial charge is 0.352 e. The average Bonchev–Trinajstić information content (AvgIpc) is 2.73. The first-order chi connectivity index (χ1) is 8.66. The zero-order chi connectivity index (χ0) is 13.0. The maximum absolute atomic E-state index is 11.5. The molecule has 1 N–H and O–H groups in total. The van der Waals surface area contributed by atoms with Crippen LogP contribution in [0.5, 0.6) is 0 Å². The molecule has 5 nitrogen and oxygen atoms in total. The van der Waals surface area contributed by atoms with Crippen molar-refractivity contribution in [3.8, 4) is 0 Å². The molecule has 0 saturated heterocycles. The third kappa shape index (κ3) is 2.94. The zero-order valence-electron chi connectivity index (χ0n) is 9.87. The van der Waals surface area contributed by atoms with Crippen LogP contribution >= 0.6 is 0 Å². The number of hydrazone groups is 1. The minimum absolute atomic E-state index is 0.0697. The summed E-state index contributed by atoms with van der Waals surface area (Å²) in [6.07, 6.45) is 1.52. The average molecular weight is 246 g/mol. The van der Waals surface area contributed by atoms with Gasteiger partial charge in [0.2, 0.25) is 5.91 Å². The van der Waals surface area contributed by atoms with Gasteiger partial charge in [-0.05, 0) is 18.4 Å². The molecule has 1 aliphatic rings. The van der Waals surface area contributed by atoms with E-state index < -0.39 is 5.97 Å². The molecule has 0 aliphatic carbocycles. The number of carboxylic acid groups (broad SMARTS) is 1. The third-order valence-corrected chi connectivity index (χ3v) is 2.77. The molecule has 0 radical (unpaired) electrons. The van der Waals surface area contributed by atoms with Crippen LogP contribution < -0.4 is 0 Å². The zero-order valence-corrected chi connectivity index (χ0v) is 9.87. The third-order valence-electron chi connectivity index (χ3n) is 2.77. The molecule has 0 fully saturated rings. The van der Waals surface area contributed by atoms with E-state index in [1.54, 1.807) is 0 Å². The van der Waals surface area contributed by atoms with E-state index in [4.69, 9.17) is 5.11 Å². The van der Waals surface area contributed by atoms with E-state index in [0.29, 0.717) is 6.54 Å². The quantitative estimate of drug-likeness (QED) is 0.851. The van der Waals surface area contributed by atoms with Gasteiger partial charge in [0.05, 0.1) is 6.42 Å². The Morgan fingerprint density at radius 3 is 2.67 bits per heavy atom. The predicted molar refractivity (Wildman–Crippen MR) is 66.2 cm³/mol. The van der Waals surface area contributed by atoms with Gasteiger partial charge in [0.1, 0.15) is 0 Å². The van der Waals surface area contributed by atoms with Gasteiger partial charge in [-0.15, -0.1) is 0 Å². The van der Waals surface area contributed by atoms with Crippen molar-refractivity contribution in [2.45, 2.75) is 19.3 Å². The molecule has 0 saturated carbocycles. The highest BCUT2D eigenvalue weighted by atomic mass is 16.4. The van der Waals surface area contributed by atoms with E-state index in [9.17, 15) is 9.59 Å². The van der Waals surface area contributed by atoms with Crippen LogP contribution in [0.1, 0.15) is 18.4 Å². The Labute approximate surface area is 105 Å². The van der Waals surface area contributed by atoms with Gasteiger partial charge in [-0.1, -0.05) is 30.3 Å². The SMILES string of the molecule is O=C(O)C1=NN(CCCc2ccccc2)C(=O)C1. The number of nitrogens with zero attached hydrogens (tertiary/aromatic N) is 2. The van der Waals surface area contributed by atoms with Crippen molar-refractivity contribution in [2.24, 2.45) is 5.10 Å². The normalized spacial score (nSPS) is 14.8. The van der Waals surface area contributed by atoms with Gasteiger partial charge in [0.25, 0.3) is 0 Å². The summed E-state index contributed by atoms with van der Waals surface area (Å²) in [6, 6.07) is 9.94. The van der Waals surface area contributed by atoms with Gasteiger partial charge in [-0.2, -0.15) is 5.10 Å². The Balaban J connectivity index is 1.84. The lowest BCUT2D eigenvalue weighted by Gasteiger charge is -2.10. The molecule has 0 atom stereocenters. The first-order valence-electron chi connectivity index (χ1n) is 5.82. The molecular weight excluding hydrogens is 232 g/mol. The number of aryl methyl sites for hydroxylation is 1. The summed E-state index contributed by atoms with van der Waals surface area (Å²) in [4.78, 5) is 22.2. The Kier molecular flexibility index (Phi) is 3.72. The predicted octanol–water partition coefficient (Wildman–Crippen LogP) is 1.29. The highest BCUT2D eigenvalue weighted by Gasteiger charge is 2.27. The van der Waals surface area contributed by atoms with E-state index in [2.05, 4.69) is 5.10 Å². The van der Waals surface area contributed by atoms with Crippen molar-refractivity contribution in [3.63, 3.8) is 0 Å². The highest BCUT2D eigenvalue weighted by molar-refractivity contribution is 6.40. The maximum atomic E-state index is 11.5. The topological polar surface area (TPSA) is 70.0 Å². The van der Waals surface area contributed by atoms with E-state index in [0.717, 1.165) is 12.8 Å². The molecule has 2 rings (SSSR count). The van der Waals surface area contributed by atoms with Crippen molar-refractivity contribution in [2.75, 3.05) is 6.54 Å². The van der Waals surface area contributed by atoms with E-state index in [-0.39, 0.29) is 18.0 Å². The molecule has 1 aromatic carbocycles. The van der Waals surface area contributed by atoms with Gasteiger partial charge >= 0.3 is 5.97 Å². The minimum atomic E-state index is -1.12.